The van der Waals surface area contributed by atoms with Gasteiger partial charge in [-0.15, -0.1) is 0 Å². The van der Waals surface area contributed by atoms with Crippen molar-refractivity contribution in [2.75, 3.05) is 0 Å². The van der Waals surface area contributed by atoms with Crippen LogP contribution < -0.4 is 0 Å². The highest BCUT2D eigenvalue weighted by Gasteiger charge is 2.52. The Hall–Kier alpha value is -1.11. The Balaban J connectivity index is 2.17. The topological polar surface area (TPSA) is 17.1 Å². The van der Waals surface area contributed by atoms with Gasteiger partial charge in [-0.2, -0.15) is 0 Å². The van der Waals surface area contributed by atoms with Crippen LogP contribution in [0, 0.1) is 11.3 Å². The lowest BCUT2D eigenvalue weighted by atomic mass is 9.54. The normalized spacial score (nSPS) is 21.5. The average molecular weight is 258 g/mol. The molecule has 1 aromatic rings. The van der Waals surface area contributed by atoms with Gasteiger partial charge in [-0.05, 0) is 36.3 Å². The van der Waals surface area contributed by atoms with Crippen molar-refractivity contribution in [3.8, 4) is 0 Å². The number of Topliss-reactive ketones (excluding diaryl/α,β-unsaturated/α-hetero) is 1. The Morgan fingerprint density at radius 1 is 1.16 bits per heavy atom. The minimum atomic E-state index is -0.0699. The zero-order valence-electron chi connectivity index (χ0n) is 12.7. The van der Waals surface area contributed by atoms with Crippen molar-refractivity contribution in [1.29, 1.82) is 0 Å². The number of hydrogen-bond donors (Lipinski definition) is 0. The van der Waals surface area contributed by atoms with Crippen LogP contribution in [0.15, 0.2) is 24.3 Å². The molecule has 0 bridgehead atoms. The van der Waals surface area contributed by atoms with E-state index in [1.54, 1.807) is 0 Å². The monoisotopic (exact) mass is 258 g/mol. The molecule has 19 heavy (non-hydrogen) atoms. The van der Waals surface area contributed by atoms with Crippen LogP contribution in [-0.4, -0.2) is 5.78 Å². The molecule has 0 saturated heterocycles. The molecular formula is C18H26O. The SMILES string of the molecule is CCC1(CC)C(=O)CC1c1ccc(CC(C)C)cc1. The summed E-state index contributed by atoms with van der Waals surface area (Å²) < 4.78 is 0. The van der Waals surface area contributed by atoms with Crippen molar-refractivity contribution in [2.45, 2.75) is 59.3 Å². The highest BCUT2D eigenvalue weighted by atomic mass is 16.1. The van der Waals surface area contributed by atoms with Gasteiger partial charge in [0, 0.05) is 17.8 Å². The van der Waals surface area contributed by atoms with Crippen molar-refractivity contribution < 1.29 is 4.79 Å². The molecule has 1 unspecified atom stereocenters. The fourth-order valence-electron chi connectivity index (χ4n) is 3.58. The summed E-state index contributed by atoms with van der Waals surface area (Å²) in [6.45, 7) is 8.80. The molecule has 1 atom stereocenters. The van der Waals surface area contributed by atoms with Crippen molar-refractivity contribution in [3.05, 3.63) is 35.4 Å². The van der Waals surface area contributed by atoms with Gasteiger partial charge >= 0.3 is 0 Å². The van der Waals surface area contributed by atoms with Crippen molar-refractivity contribution in [2.24, 2.45) is 11.3 Å². The summed E-state index contributed by atoms with van der Waals surface area (Å²) in [5, 5.41) is 0. The third kappa shape index (κ3) is 2.48. The maximum atomic E-state index is 12.0. The maximum absolute atomic E-state index is 12.0. The fourth-order valence-corrected chi connectivity index (χ4v) is 3.58. The highest BCUT2D eigenvalue weighted by molar-refractivity contribution is 5.93. The van der Waals surface area contributed by atoms with Gasteiger partial charge in [0.2, 0.25) is 0 Å². The number of ketones is 1. The lowest BCUT2D eigenvalue weighted by molar-refractivity contribution is -0.141. The highest BCUT2D eigenvalue weighted by Crippen LogP contribution is 2.54. The Morgan fingerprint density at radius 3 is 2.16 bits per heavy atom. The van der Waals surface area contributed by atoms with Crippen LogP contribution in [0.5, 0.6) is 0 Å². The van der Waals surface area contributed by atoms with Crippen molar-refractivity contribution >= 4 is 5.78 Å². The molecular weight excluding hydrogens is 232 g/mol. The largest absolute Gasteiger partial charge is 0.299 e. The van der Waals surface area contributed by atoms with E-state index in [1.807, 2.05) is 0 Å². The Morgan fingerprint density at radius 2 is 1.74 bits per heavy atom. The number of benzene rings is 1. The smallest absolute Gasteiger partial charge is 0.140 e. The summed E-state index contributed by atoms with van der Waals surface area (Å²) in [4.78, 5) is 12.0. The van der Waals surface area contributed by atoms with E-state index < -0.39 is 0 Å². The van der Waals surface area contributed by atoms with Crippen LogP contribution in [0.25, 0.3) is 0 Å². The first-order chi connectivity index (χ1) is 9.03. The molecule has 2 rings (SSSR count). The first-order valence-electron chi connectivity index (χ1n) is 7.65. The summed E-state index contributed by atoms with van der Waals surface area (Å²) >= 11 is 0. The Labute approximate surface area is 117 Å². The van der Waals surface area contributed by atoms with E-state index in [9.17, 15) is 4.79 Å². The summed E-state index contributed by atoms with van der Waals surface area (Å²) in [5.74, 6) is 1.61. The molecule has 0 radical (unpaired) electrons. The van der Waals surface area contributed by atoms with E-state index in [-0.39, 0.29) is 5.41 Å². The van der Waals surface area contributed by atoms with E-state index in [0.29, 0.717) is 17.6 Å². The number of carbonyl (C=O) groups excluding carboxylic acids is 1. The van der Waals surface area contributed by atoms with Gasteiger partial charge in [0.25, 0.3) is 0 Å². The molecule has 0 heterocycles. The predicted molar refractivity (Wildman–Crippen MR) is 80.4 cm³/mol. The number of rotatable bonds is 5. The van der Waals surface area contributed by atoms with Crippen LogP contribution in [0.4, 0.5) is 0 Å². The van der Waals surface area contributed by atoms with Crippen LogP contribution >= 0.6 is 0 Å². The summed E-state index contributed by atoms with van der Waals surface area (Å²) in [5.41, 5.74) is 2.69. The molecule has 0 spiro atoms. The zero-order chi connectivity index (χ0) is 14.0. The van der Waals surface area contributed by atoms with Gasteiger partial charge in [-0.3, -0.25) is 4.79 Å². The third-order valence-corrected chi connectivity index (χ3v) is 4.90. The first-order valence-corrected chi connectivity index (χ1v) is 7.65. The van der Waals surface area contributed by atoms with E-state index in [1.165, 1.54) is 11.1 Å². The van der Waals surface area contributed by atoms with Gasteiger partial charge in [0.05, 0.1) is 0 Å². The molecule has 1 saturated carbocycles. The molecule has 104 valence electrons. The molecule has 1 heteroatoms. The molecule has 0 aliphatic heterocycles. The fraction of sp³-hybridized carbons (Fsp3) is 0.611. The van der Waals surface area contributed by atoms with E-state index in [4.69, 9.17) is 0 Å². The predicted octanol–water partition coefficient (Wildman–Crippen LogP) is 4.75. The average Bonchev–Trinajstić information content (AvgIpc) is 2.38. The second kappa shape index (κ2) is 5.48. The van der Waals surface area contributed by atoms with Crippen molar-refractivity contribution in [3.63, 3.8) is 0 Å². The van der Waals surface area contributed by atoms with Crippen LogP contribution in [-0.2, 0) is 11.2 Å². The van der Waals surface area contributed by atoms with Crippen LogP contribution in [0.3, 0.4) is 0 Å². The lowest BCUT2D eigenvalue weighted by Crippen LogP contribution is -2.47. The molecule has 0 N–H and O–H groups in total. The van der Waals surface area contributed by atoms with Crippen molar-refractivity contribution in [1.82, 2.24) is 0 Å². The van der Waals surface area contributed by atoms with E-state index in [0.717, 1.165) is 25.7 Å². The van der Waals surface area contributed by atoms with Gasteiger partial charge in [-0.1, -0.05) is 52.0 Å². The van der Waals surface area contributed by atoms with Crippen LogP contribution in [0.2, 0.25) is 0 Å². The molecule has 1 aliphatic carbocycles. The standard InChI is InChI=1S/C18H26O/c1-5-18(6-2)16(12-17(18)19)15-9-7-14(8-10-15)11-13(3)4/h7-10,13,16H,5-6,11-12H2,1-4H3. The molecule has 0 amide bonds. The van der Waals surface area contributed by atoms with Gasteiger partial charge in [0.15, 0.2) is 0 Å². The zero-order valence-corrected chi connectivity index (χ0v) is 12.7. The minimum absolute atomic E-state index is 0.0699. The lowest BCUT2D eigenvalue weighted by Gasteiger charge is -2.47. The van der Waals surface area contributed by atoms with Crippen LogP contribution in [0.1, 0.15) is 64.0 Å². The van der Waals surface area contributed by atoms with Gasteiger partial charge in [-0.25, -0.2) is 0 Å². The second-order valence-corrected chi connectivity index (χ2v) is 6.38. The third-order valence-electron chi connectivity index (χ3n) is 4.90. The first kappa shape index (κ1) is 14.3. The molecule has 1 nitrogen and oxygen atoms in total. The summed E-state index contributed by atoms with van der Waals surface area (Å²) in [6.07, 6.45) is 3.82. The Kier molecular flexibility index (Phi) is 4.13. The molecule has 0 aromatic heterocycles. The number of carbonyl (C=O) groups is 1. The summed E-state index contributed by atoms with van der Waals surface area (Å²) in [7, 11) is 0. The maximum Gasteiger partial charge on any atom is 0.140 e. The van der Waals surface area contributed by atoms with E-state index in [2.05, 4.69) is 52.0 Å². The van der Waals surface area contributed by atoms with E-state index >= 15 is 0 Å². The number of hydrogen-bond acceptors (Lipinski definition) is 1. The molecule has 1 fully saturated rings. The quantitative estimate of drug-likeness (QED) is 0.745. The van der Waals surface area contributed by atoms with Gasteiger partial charge < -0.3 is 0 Å². The van der Waals surface area contributed by atoms with Gasteiger partial charge in [0.1, 0.15) is 5.78 Å². The minimum Gasteiger partial charge on any atom is -0.299 e. The molecule has 1 aliphatic rings. The Bertz CT molecular complexity index is 437. The molecule has 1 aromatic carbocycles. The summed E-state index contributed by atoms with van der Waals surface area (Å²) in [6, 6.07) is 8.98. The second-order valence-electron chi connectivity index (χ2n) is 6.38.